The van der Waals surface area contributed by atoms with E-state index in [1.165, 1.54) is 12.3 Å². The lowest BCUT2D eigenvalue weighted by molar-refractivity contribution is -0.137. The third-order valence-electron chi connectivity index (χ3n) is 2.50. The van der Waals surface area contributed by atoms with Gasteiger partial charge in [0, 0.05) is 11.8 Å². The van der Waals surface area contributed by atoms with Crippen molar-refractivity contribution < 1.29 is 27.4 Å². The molecule has 106 valence electrons. The minimum atomic E-state index is -4.45. The zero-order valence-electron chi connectivity index (χ0n) is 9.99. The smallest absolute Gasteiger partial charge is 0.416 e. The maximum absolute atomic E-state index is 13.7. The number of benzene rings is 1. The number of hydrogen-bond donors (Lipinski definition) is 1. The van der Waals surface area contributed by atoms with Crippen LogP contribution in [0.15, 0.2) is 36.5 Å². The average molecular weight is 287 g/mol. The average Bonchev–Trinajstić information content (AvgIpc) is 2.41. The van der Waals surface area contributed by atoms with Crippen molar-refractivity contribution in [2.24, 2.45) is 0 Å². The van der Waals surface area contributed by atoms with Crippen LogP contribution in [0.5, 0.6) is 11.6 Å². The van der Waals surface area contributed by atoms with Gasteiger partial charge in [-0.2, -0.15) is 13.2 Å². The van der Waals surface area contributed by atoms with Crippen molar-refractivity contribution in [3.8, 4) is 11.6 Å². The van der Waals surface area contributed by atoms with Gasteiger partial charge in [0.2, 0.25) is 0 Å². The molecule has 0 amide bonds. The number of ether oxygens (including phenoxy) is 1. The van der Waals surface area contributed by atoms with E-state index >= 15 is 0 Å². The standard InChI is InChI=1S/C13H9F4NO2/c14-11-8(7-19)5-6-18-12(11)20-10-3-1-9(2-4-10)13(15,16)17/h1-6,19H,7H2. The summed E-state index contributed by atoms with van der Waals surface area (Å²) in [7, 11) is 0. The minimum Gasteiger partial charge on any atom is -0.436 e. The molecule has 1 aromatic heterocycles. The van der Waals surface area contributed by atoms with E-state index in [2.05, 4.69) is 4.98 Å². The topological polar surface area (TPSA) is 42.4 Å². The number of hydrogen-bond acceptors (Lipinski definition) is 3. The highest BCUT2D eigenvalue weighted by molar-refractivity contribution is 5.33. The van der Waals surface area contributed by atoms with E-state index in [0.717, 1.165) is 24.3 Å². The Balaban J connectivity index is 2.23. The number of nitrogens with zero attached hydrogens (tertiary/aromatic N) is 1. The first-order chi connectivity index (χ1) is 9.41. The largest absolute Gasteiger partial charge is 0.436 e. The number of aliphatic hydroxyl groups excluding tert-OH is 1. The molecule has 0 aliphatic rings. The molecule has 20 heavy (non-hydrogen) atoms. The zero-order valence-corrected chi connectivity index (χ0v) is 9.99. The number of aliphatic hydroxyl groups is 1. The molecule has 0 saturated heterocycles. The molecule has 0 atom stereocenters. The predicted octanol–water partition coefficient (Wildman–Crippen LogP) is 3.52. The SMILES string of the molecule is OCc1ccnc(Oc2ccc(C(F)(F)F)cc2)c1F. The first kappa shape index (κ1) is 14.3. The van der Waals surface area contributed by atoms with Crippen molar-refractivity contribution in [1.29, 1.82) is 0 Å². The van der Waals surface area contributed by atoms with Crippen molar-refractivity contribution in [3.63, 3.8) is 0 Å². The Kier molecular flexibility index (Phi) is 3.89. The van der Waals surface area contributed by atoms with E-state index < -0.39 is 30.0 Å². The highest BCUT2D eigenvalue weighted by atomic mass is 19.4. The first-order valence-electron chi connectivity index (χ1n) is 5.51. The second-order valence-electron chi connectivity index (χ2n) is 3.87. The van der Waals surface area contributed by atoms with Crippen LogP contribution < -0.4 is 4.74 Å². The zero-order chi connectivity index (χ0) is 14.8. The number of halogens is 4. The van der Waals surface area contributed by atoms with E-state index in [1.54, 1.807) is 0 Å². The summed E-state index contributed by atoms with van der Waals surface area (Å²) < 4.78 is 55.9. The summed E-state index contributed by atoms with van der Waals surface area (Å²) in [5.41, 5.74) is -0.843. The van der Waals surface area contributed by atoms with Gasteiger partial charge in [0.05, 0.1) is 12.2 Å². The van der Waals surface area contributed by atoms with E-state index in [4.69, 9.17) is 9.84 Å². The van der Waals surface area contributed by atoms with Crippen LogP contribution in [-0.4, -0.2) is 10.1 Å². The van der Waals surface area contributed by atoms with Crippen LogP contribution in [0.4, 0.5) is 17.6 Å². The molecule has 0 saturated carbocycles. The van der Waals surface area contributed by atoms with Gasteiger partial charge in [0.15, 0.2) is 5.82 Å². The van der Waals surface area contributed by atoms with Gasteiger partial charge in [-0.1, -0.05) is 0 Å². The Morgan fingerprint density at radius 1 is 1.10 bits per heavy atom. The normalized spacial score (nSPS) is 11.4. The molecular formula is C13H9F4NO2. The molecule has 3 nitrogen and oxygen atoms in total. The lowest BCUT2D eigenvalue weighted by Crippen LogP contribution is -2.04. The molecule has 0 radical (unpaired) electrons. The predicted molar refractivity (Wildman–Crippen MR) is 61.6 cm³/mol. The molecular weight excluding hydrogens is 278 g/mol. The van der Waals surface area contributed by atoms with Crippen molar-refractivity contribution in [3.05, 3.63) is 53.5 Å². The molecule has 0 aliphatic heterocycles. The van der Waals surface area contributed by atoms with E-state index in [-0.39, 0.29) is 11.3 Å². The van der Waals surface area contributed by atoms with Gasteiger partial charge in [-0.3, -0.25) is 0 Å². The van der Waals surface area contributed by atoms with Gasteiger partial charge >= 0.3 is 6.18 Å². The molecule has 0 aliphatic carbocycles. The summed E-state index contributed by atoms with van der Waals surface area (Å²) in [6.45, 7) is -0.530. The van der Waals surface area contributed by atoms with Gasteiger partial charge in [-0.05, 0) is 30.3 Å². The maximum atomic E-state index is 13.7. The van der Waals surface area contributed by atoms with Crippen molar-refractivity contribution in [1.82, 2.24) is 4.98 Å². The molecule has 2 rings (SSSR count). The van der Waals surface area contributed by atoms with Crippen LogP contribution in [0.1, 0.15) is 11.1 Å². The maximum Gasteiger partial charge on any atom is 0.416 e. The Hall–Kier alpha value is -2.15. The molecule has 2 aromatic rings. The van der Waals surface area contributed by atoms with E-state index in [0.29, 0.717) is 0 Å². The molecule has 0 fully saturated rings. The Morgan fingerprint density at radius 3 is 2.30 bits per heavy atom. The Bertz CT molecular complexity index is 596. The fraction of sp³-hybridized carbons (Fsp3) is 0.154. The molecule has 1 N–H and O–H groups in total. The molecule has 1 aromatic carbocycles. The lowest BCUT2D eigenvalue weighted by Gasteiger charge is -2.09. The van der Waals surface area contributed by atoms with Crippen molar-refractivity contribution in [2.75, 3.05) is 0 Å². The summed E-state index contributed by atoms with van der Waals surface area (Å²) >= 11 is 0. The van der Waals surface area contributed by atoms with Gasteiger partial charge in [0.25, 0.3) is 5.88 Å². The van der Waals surface area contributed by atoms with Crippen LogP contribution in [0, 0.1) is 5.82 Å². The van der Waals surface area contributed by atoms with Crippen LogP contribution in [0.25, 0.3) is 0 Å². The summed E-state index contributed by atoms with van der Waals surface area (Å²) in [6.07, 6.45) is -3.22. The van der Waals surface area contributed by atoms with Gasteiger partial charge in [-0.25, -0.2) is 9.37 Å². The first-order valence-corrected chi connectivity index (χ1v) is 5.51. The second-order valence-corrected chi connectivity index (χ2v) is 3.87. The third-order valence-corrected chi connectivity index (χ3v) is 2.50. The molecule has 0 spiro atoms. The number of aromatic nitrogens is 1. The van der Waals surface area contributed by atoms with Crippen LogP contribution >= 0.6 is 0 Å². The lowest BCUT2D eigenvalue weighted by atomic mass is 10.2. The Labute approximate surface area is 111 Å². The minimum absolute atomic E-state index is 0.0121. The summed E-state index contributed by atoms with van der Waals surface area (Å²) in [5.74, 6) is -1.24. The van der Waals surface area contributed by atoms with Crippen molar-refractivity contribution >= 4 is 0 Å². The summed E-state index contributed by atoms with van der Waals surface area (Å²) in [4.78, 5) is 3.62. The summed E-state index contributed by atoms with van der Waals surface area (Å²) in [6, 6.07) is 5.05. The fourth-order valence-electron chi connectivity index (χ4n) is 1.48. The fourth-order valence-corrected chi connectivity index (χ4v) is 1.48. The highest BCUT2D eigenvalue weighted by Gasteiger charge is 2.30. The monoisotopic (exact) mass is 287 g/mol. The van der Waals surface area contributed by atoms with Crippen LogP contribution in [-0.2, 0) is 12.8 Å². The number of pyridine rings is 1. The molecule has 0 unspecified atom stereocenters. The van der Waals surface area contributed by atoms with E-state index in [9.17, 15) is 17.6 Å². The highest BCUT2D eigenvalue weighted by Crippen LogP contribution is 2.31. The van der Waals surface area contributed by atoms with E-state index in [1.807, 2.05) is 0 Å². The molecule has 7 heteroatoms. The van der Waals surface area contributed by atoms with Crippen molar-refractivity contribution in [2.45, 2.75) is 12.8 Å². The van der Waals surface area contributed by atoms with Gasteiger partial charge in [-0.15, -0.1) is 0 Å². The quantitative estimate of drug-likeness (QED) is 0.878. The second kappa shape index (κ2) is 5.46. The van der Waals surface area contributed by atoms with Crippen LogP contribution in [0.2, 0.25) is 0 Å². The van der Waals surface area contributed by atoms with Gasteiger partial charge < -0.3 is 9.84 Å². The Morgan fingerprint density at radius 2 is 1.75 bits per heavy atom. The van der Waals surface area contributed by atoms with Crippen LogP contribution in [0.3, 0.4) is 0 Å². The third kappa shape index (κ3) is 3.05. The summed E-state index contributed by atoms with van der Waals surface area (Å²) in [5, 5.41) is 8.89. The number of rotatable bonds is 3. The molecule has 0 bridgehead atoms. The number of alkyl halides is 3. The van der Waals surface area contributed by atoms with Gasteiger partial charge in [0.1, 0.15) is 5.75 Å². The molecule has 1 heterocycles.